The van der Waals surface area contributed by atoms with Crippen molar-refractivity contribution in [3.8, 4) is 0 Å². The number of pyridine rings is 1. The summed E-state index contributed by atoms with van der Waals surface area (Å²) in [6.07, 6.45) is 1.67. The Kier molecular flexibility index (Phi) is 1.73. The molecule has 0 fully saturated rings. The molecular formula is C11H7BrN2O. The molecule has 2 aromatic heterocycles. The van der Waals surface area contributed by atoms with Gasteiger partial charge in [0.25, 0.3) is 5.56 Å². The van der Waals surface area contributed by atoms with Gasteiger partial charge in [-0.2, -0.15) is 0 Å². The van der Waals surface area contributed by atoms with E-state index in [-0.39, 0.29) is 5.56 Å². The summed E-state index contributed by atoms with van der Waals surface area (Å²) in [5.74, 6) is 0. The minimum atomic E-state index is -0.0931. The Morgan fingerprint density at radius 3 is 2.87 bits per heavy atom. The summed E-state index contributed by atoms with van der Waals surface area (Å²) in [5, 5.41) is 2.00. The Balaban J connectivity index is 2.72. The number of fused-ring (bicyclic) bond motifs is 3. The monoisotopic (exact) mass is 262 g/mol. The highest BCUT2D eigenvalue weighted by Gasteiger charge is 2.09. The van der Waals surface area contributed by atoms with E-state index in [1.54, 1.807) is 6.20 Å². The van der Waals surface area contributed by atoms with Gasteiger partial charge in [0.2, 0.25) is 0 Å². The molecule has 0 spiro atoms. The van der Waals surface area contributed by atoms with Gasteiger partial charge in [-0.1, -0.05) is 18.2 Å². The van der Waals surface area contributed by atoms with Crippen LogP contribution in [0, 0.1) is 0 Å². The zero-order valence-corrected chi connectivity index (χ0v) is 9.26. The number of nitrogens with one attached hydrogen (secondary N) is 2. The highest BCUT2D eigenvalue weighted by atomic mass is 79.9. The van der Waals surface area contributed by atoms with Crippen molar-refractivity contribution in [2.45, 2.75) is 0 Å². The summed E-state index contributed by atoms with van der Waals surface area (Å²) in [7, 11) is 0. The maximum absolute atomic E-state index is 11.6. The van der Waals surface area contributed by atoms with Gasteiger partial charge < -0.3 is 9.97 Å². The molecular weight excluding hydrogens is 256 g/mol. The first-order valence-corrected chi connectivity index (χ1v) is 5.34. The summed E-state index contributed by atoms with van der Waals surface area (Å²) in [4.78, 5) is 17.4. The Labute approximate surface area is 93.3 Å². The van der Waals surface area contributed by atoms with Crippen LogP contribution in [0.2, 0.25) is 0 Å². The Morgan fingerprint density at radius 1 is 1.20 bits per heavy atom. The van der Waals surface area contributed by atoms with Crippen LogP contribution in [0.4, 0.5) is 0 Å². The normalized spacial score (nSPS) is 11.3. The van der Waals surface area contributed by atoms with Crippen LogP contribution in [0.15, 0.2) is 39.7 Å². The number of benzene rings is 1. The van der Waals surface area contributed by atoms with E-state index in [2.05, 4.69) is 25.9 Å². The number of aromatic nitrogens is 2. The van der Waals surface area contributed by atoms with E-state index in [1.807, 2.05) is 24.3 Å². The lowest BCUT2D eigenvalue weighted by Crippen LogP contribution is -2.04. The maximum atomic E-state index is 11.6. The molecule has 0 amide bonds. The van der Waals surface area contributed by atoms with Crippen molar-refractivity contribution in [2.24, 2.45) is 0 Å². The van der Waals surface area contributed by atoms with Crippen LogP contribution in [-0.4, -0.2) is 9.97 Å². The van der Waals surface area contributed by atoms with Crippen LogP contribution in [0.1, 0.15) is 0 Å². The molecule has 0 saturated heterocycles. The van der Waals surface area contributed by atoms with E-state index in [1.165, 1.54) is 0 Å². The second-order valence-electron chi connectivity index (χ2n) is 3.39. The fourth-order valence-electron chi connectivity index (χ4n) is 1.83. The first-order valence-electron chi connectivity index (χ1n) is 4.55. The van der Waals surface area contributed by atoms with E-state index < -0.39 is 0 Å². The first-order chi connectivity index (χ1) is 7.27. The highest BCUT2D eigenvalue weighted by molar-refractivity contribution is 9.10. The molecule has 0 bridgehead atoms. The standard InChI is InChI=1S/C11H7BrN2O/c12-7-5-13-11(15)10-9(7)6-3-1-2-4-8(6)14-10/h1-5,14H,(H,13,15). The first kappa shape index (κ1) is 8.73. The average molecular weight is 263 g/mol. The van der Waals surface area contributed by atoms with Crippen molar-refractivity contribution < 1.29 is 0 Å². The van der Waals surface area contributed by atoms with Gasteiger partial charge in [0.1, 0.15) is 5.52 Å². The number of halogens is 1. The number of para-hydroxylation sites is 1. The predicted octanol–water partition coefficient (Wildman–Crippen LogP) is 2.77. The molecule has 0 aliphatic carbocycles. The largest absolute Gasteiger partial charge is 0.350 e. The van der Waals surface area contributed by atoms with Gasteiger partial charge in [0.15, 0.2) is 0 Å². The summed E-state index contributed by atoms with van der Waals surface area (Å²) in [6, 6.07) is 7.86. The van der Waals surface area contributed by atoms with Crippen molar-refractivity contribution in [1.82, 2.24) is 9.97 Å². The van der Waals surface area contributed by atoms with E-state index in [0.717, 1.165) is 20.8 Å². The summed E-state index contributed by atoms with van der Waals surface area (Å²) < 4.78 is 0.898. The zero-order chi connectivity index (χ0) is 10.4. The van der Waals surface area contributed by atoms with E-state index in [4.69, 9.17) is 0 Å². The third-order valence-corrected chi connectivity index (χ3v) is 3.13. The number of rotatable bonds is 0. The third-order valence-electron chi connectivity index (χ3n) is 2.50. The van der Waals surface area contributed by atoms with Crippen molar-refractivity contribution in [3.05, 3.63) is 45.3 Å². The average Bonchev–Trinajstić information content (AvgIpc) is 2.64. The fraction of sp³-hybridized carbons (Fsp3) is 0. The van der Waals surface area contributed by atoms with Crippen LogP contribution >= 0.6 is 15.9 Å². The fourth-order valence-corrected chi connectivity index (χ4v) is 2.36. The number of hydrogen-bond acceptors (Lipinski definition) is 1. The van der Waals surface area contributed by atoms with Gasteiger partial charge in [-0.25, -0.2) is 0 Å². The van der Waals surface area contributed by atoms with Crippen molar-refractivity contribution in [2.75, 3.05) is 0 Å². The van der Waals surface area contributed by atoms with E-state index >= 15 is 0 Å². The van der Waals surface area contributed by atoms with Crippen molar-refractivity contribution in [1.29, 1.82) is 0 Å². The van der Waals surface area contributed by atoms with Crippen LogP contribution in [0.5, 0.6) is 0 Å². The molecule has 0 aliphatic heterocycles. The lowest BCUT2D eigenvalue weighted by Gasteiger charge is -1.93. The molecule has 15 heavy (non-hydrogen) atoms. The van der Waals surface area contributed by atoms with Crippen LogP contribution < -0.4 is 5.56 Å². The molecule has 0 radical (unpaired) electrons. The second kappa shape index (κ2) is 2.97. The molecule has 3 aromatic rings. The number of aromatic amines is 2. The molecule has 1 aromatic carbocycles. The van der Waals surface area contributed by atoms with E-state index in [9.17, 15) is 4.79 Å². The molecule has 0 atom stereocenters. The Morgan fingerprint density at radius 2 is 2.00 bits per heavy atom. The summed E-state index contributed by atoms with van der Waals surface area (Å²) in [6.45, 7) is 0. The zero-order valence-electron chi connectivity index (χ0n) is 7.67. The maximum Gasteiger partial charge on any atom is 0.272 e. The number of hydrogen-bond donors (Lipinski definition) is 2. The molecule has 0 aliphatic rings. The molecule has 3 rings (SSSR count). The molecule has 2 heterocycles. The van der Waals surface area contributed by atoms with Crippen molar-refractivity contribution >= 4 is 37.7 Å². The van der Waals surface area contributed by atoms with Gasteiger partial charge in [-0.05, 0) is 22.0 Å². The topological polar surface area (TPSA) is 48.6 Å². The van der Waals surface area contributed by atoms with Gasteiger partial charge in [-0.3, -0.25) is 4.79 Å². The predicted molar refractivity (Wildman–Crippen MR) is 64.1 cm³/mol. The van der Waals surface area contributed by atoms with Gasteiger partial charge in [0, 0.05) is 27.0 Å². The molecule has 4 heteroatoms. The van der Waals surface area contributed by atoms with Gasteiger partial charge in [0.05, 0.1) is 0 Å². The summed E-state index contributed by atoms with van der Waals surface area (Å²) >= 11 is 3.44. The Hall–Kier alpha value is -1.55. The second-order valence-corrected chi connectivity index (χ2v) is 4.24. The van der Waals surface area contributed by atoms with Crippen LogP contribution in [0.25, 0.3) is 21.8 Å². The number of H-pyrrole nitrogens is 2. The van der Waals surface area contributed by atoms with Crippen molar-refractivity contribution in [3.63, 3.8) is 0 Å². The Bertz CT molecular complexity index is 711. The quantitative estimate of drug-likeness (QED) is 0.643. The third kappa shape index (κ3) is 1.15. The molecule has 3 nitrogen and oxygen atoms in total. The minimum Gasteiger partial charge on any atom is -0.350 e. The lowest BCUT2D eigenvalue weighted by atomic mass is 10.2. The van der Waals surface area contributed by atoms with Gasteiger partial charge >= 0.3 is 0 Å². The molecule has 74 valence electrons. The van der Waals surface area contributed by atoms with Gasteiger partial charge in [-0.15, -0.1) is 0 Å². The van der Waals surface area contributed by atoms with Crippen LogP contribution in [-0.2, 0) is 0 Å². The minimum absolute atomic E-state index is 0.0931. The molecule has 2 N–H and O–H groups in total. The van der Waals surface area contributed by atoms with Crippen LogP contribution in [0.3, 0.4) is 0 Å². The molecule has 0 saturated carbocycles. The highest BCUT2D eigenvalue weighted by Crippen LogP contribution is 2.28. The summed E-state index contributed by atoms with van der Waals surface area (Å²) in [5.41, 5.74) is 1.50. The molecule has 0 unspecified atom stereocenters. The lowest BCUT2D eigenvalue weighted by molar-refractivity contribution is 1.25. The SMILES string of the molecule is O=c1[nH]cc(Br)c2c1[nH]c1ccccc12. The van der Waals surface area contributed by atoms with E-state index in [0.29, 0.717) is 5.52 Å². The smallest absolute Gasteiger partial charge is 0.272 e.